The van der Waals surface area contributed by atoms with Crippen molar-refractivity contribution in [2.75, 3.05) is 3.93 Å². The fourth-order valence-corrected chi connectivity index (χ4v) is 1.70. The number of anilines is 1. The molecule has 0 atom stereocenters. The van der Waals surface area contributed by atoms with Gasteiger partial charge in [-0.25, -0.2) is 0 Å². The molecule has 0 aliphatic heterocycles. The van der Waals surface area contributed by atoms with E-state index in [-0.39, 0.29) is 0 Å². The van der Waals surface area contributed by atoms with Crippen molar-refractivity contribution in [1.82, 2.24) is 10.2 Å². The quantitative estimate of drug-likeness (QED) is 0.851. The molecule has 0 bridgehead atoms. The minimum Gasteiger partial charge on any atom is -0.289 e. The smallest absolute Gasteiger partial charge is 0.134 e. The molecule has 0 aliphatic rings. The number of rotatable bonds is 3. The highest BCUT2D eigenvalue weighted by atomic mass is 79.9. The molecule has 2 aromatic rings. The lowest BCUT2D eigenvalue weighted by atomic mass is 10.2. The highest BCUT2D eigenvalue weighted by molar-refractivity contribution is 9.10. The van der Waals surface area contributed by atoms with E-state index in [4.69, 9.17) is 0 Å². The average molecular weight is 252 g/mol. The van der Waals surface area contributed by atoms with Gasteiger partial charge in [0.2, 0.25) is 0 Å². The van der Waals surface area contributed by atoms with E-state index in [2.05, 4.69) is 38.5 Å². The van der Waals surface area contributed by atoms with E-state index in [1.165, 1.54) is 5.56 Å². The van der Waals surface area contributed by atoms with Crippen LogP contribution in [0.25, 0.3) is 0 Å². The highest BCUT2D eigenvalue weighted by Crippen LogP contribution is 2.16. The summed E-state index contributed by atoms with van der Waals surface area (Å²) in [7, 11) is 0. The minimum atomic E-state index is 0.809. The second kappa shape index (κ2) is 4.28. The zero-order valence-electron chi connectivity index (χ0n) is 7.52. The number of halogens is 1. The second-order valence-corrected chi connectivity index (χ2v) is 3.80. The SMILES string of the molecule is BrN(Cc1ccccc1)c1ccn[nH]1. The molecule has 0 amide bonds. The van der Waals surface area contributed by atoms with Crippen molar-refractivity contribution in [3.05, 3.63) is 48.2 Å². The van der Waals surface area contributed by atoms with Gasteiger partial charge >= 0.3 is 0 Å². The Morgan fingerprint density at radius 2 is 2.00 bits per heavy atom. The van der Waals surface area contributed by atoms with Crippen LogP contribution in [0.3, 0.4) is 0 Å². The fourth-order valence-electron chi connectivity index (χ4n) is 1.21. The van der Waals surface area contributed by atoms with E-state index >= 15 is 0 Å². The molecule has 72 valence electrons. The standard InChI is InChI=1S/C10H10BrN3/c11-14(10-6-7-12-13-10)8-9-4-2-1-3-5-9/h1-7H,8H2,(H,12,13). The third-order valence-electron chi connectivity index (χ3n) is 1.91. The van der Waals surface area contributed by atoms with Gasteiger partial charge in [-0.1, -0.05) is 30.3 Å². The van der Waals surface area contributed by atoms with Gasteiger partial charge in [-0.05, 0) is 5.56 Å². The number of aromatic nitrogens is 2. The van der Waals surface area contributed by atoms with Crippen LogP contribution in [-0.2, 0) is 6.54 Å². The van der Waals surface area contributed by atoms with Gasteiger partial charge in [0.1, 0.15) is 5.82 Å². The van der Waals surface area contributed by atoms with Crippen LogP contribution in [-0.4, -0.2) is 10.2 Å². The van der Waals surface area contributed by atoms with Crippen molar-refractivity contribution in [2.24, 2.45) is 0 Å². The number of nitrogens with zero attached hydrogens (tertiary/aromatic N) is 2. The van der Waals surface area contributed by atoms with Crippen molar-refractivity contribution < 1.29 is 0 Å². The Kier molecular flexibility index (Phi) is 2.84. The van der Waals surface area contributed by atoms with Crippen LogP contribution in [0.1, 0.15) is 5.56 Å². The number of aromatic amines is 1. The third-order valence-corrected chi connectivity index (χ3v) is 2.54. The molecule has 1 aromatic carbocycles. The van der Waals surface area contributed by atoms with Gasteiger partial charge in [0.25, 0.3) is 0 Å². The molecule has 3 nitrogen and oxygen atoms in total. The number of hydrogen-bond donors (Lipinski definition) is 1. The first kappa shape index (κ1) is 9.27. The Hall–Kier alpha value is -1.29. The first-order valence-electron chi connectivity index (χ1n) is 4.33. The molecule has 14 heavy (non-hydrogen) atoms. The summed E-state index contributed by atoms with van der Waals surface area (Å²) in [4.78, 5) is 0. The molecule has 0 fully saturated rings. The van der Waals surface area contributed by atoms with Crippen LogP contribution >= 0.6 is 16.1 Å². The molecule has 1 N–H and O–H groups in total. The van der Waals surface area contributed by atoms with Crippen LogP contribution in [0.15, 0.2) is 42.6 Å². The number of H-pyrrole nitrogens is 1. The molecule has 1 aromatic heterocycles. The first-order valence-corrected chi connectivity index (χ1v) is 5.04. The van der Waals surface area contributed by atoms with Crippen LogP contribution in [0, 0.1) is 0 Å². The van der Waals surface area contributed by atoms with E-state index in [1.807, 2.05) is 28.2 Å². The van der Waals surface area contributed by atoms with Crippen LogP contribution in [0.2, 0.25) is 0 Å². The summed E-state index contributed by atoms with van der Waals surface area (Å²) in [6.45, 7) is 0.809. The van der Waals surface area contributed by atoms with Gasteiger partial charge in [0.05, 0.1) is 28.9 Å². The Bertz CT molecular complexity index is 372. The van der Waals surface area contributed by atoms with Crippen LogP contribution in [0.5, 0.6) is 0 Å². The van der Waals surface area contributed by atoms with Gasteiger partial charge < -0.3 is 0 Å². The molecular formula is C10H10BrN3. The Balaban J connectivity index is 2.06. The fraction of sp³-hybridized carbons (Fsp3) is 0.100. The van der Waals surface area contributed by atoms with Gasteiger partial charge in [-0.3, -0.25) is 9.02 Å². The molecule has 0 aliphatic carbocycles. The lowest BCUT2D eigenvalue weighted by Gasteiger charge is -2.13. The summed E-state index contributed by atoms with van der Waals surface area (Å²) in [5.41, 5.74) is 1.25. The Morgan fingerprint density at radius 3 is 2.64 bits per heavy atom. The molecule has 0 saturated heterocycles. The molecule has 0 spiro atoms. The maximum absolute atomic E-state index is 3.89. The summed E-state index contributed by atoms with van der Waals surface area (Å²) >= 11 is 3.46. The van der Waals surface area contributed by atoms with Gasteiger partial charge in [0, 0.05) is 6.07 Å². The highest BCUT2D eigenvalue weighted by Gasteiger charge is 2.03. The van der Waals surface area contributed by atoms with Gasteiger partial charge in [-0.2, -0.15) is 5.10 Å². The zero-order valence-corrected chi connectivity index (χ0v) is 9.11. The topological polar surface area (TPSA) is 31.9 Å². The maximum atomic E-state index is 3.89. The summed E-state index contributed by atoms with van der Waals surface area (Å²) in [5.74, 6) is 0.953. The third kappa shape index (κ3) is 2.14. The average Bonchev–Trinajstić information content (AvgIpc) is 2.72. The predicted molar refractivity (Wildman–Crippen MR) is 60.1 cm³/mol. The van der Waals surface area contributed by atoms with E-state index in [1.54, 1.807) is 6.20 Å². The summed E-state index contributed by atoms with van der Waals surface area (Å²) in [5, 5.41) is 6.77. The molecular weight excluding hydrogens is 242 g/mol. The molecule has 0 saturated carbocycles. The predicted octanol–water partition coefficient (Wildman–Crippen LogP) is 2.73. The lowest BCUT2D eigenvalue weighted by molar-refractivity contribution is 1.00. The van der Waals surface area contributed by atoms with E-state index < -0.39 is 0 Å². The number of benzene rings is 1. The summed E-state index contributed by atoms with van der Waals surface area (Å²) in [6, 6.07) is 12.2. The second-order valence-electron chi connectivity index (χ2n) is 2.95. The monoisotopic (exact) mass is 251 g/mol. The van der Waals surface area contributed by atoms with Gasteiger partial charge in [0.15, 0.2) is 0 Å². The van der Waals surface area contributed by atoms with E-state index in [0.29, 0.717) is 0 Å². The van der Waals surface area contributed by atoms with Crippen molar-refractivity contribution >= 4 is 22.0 Å². The van der Waals surface area contributed by atoms with E-state index in [0.717, 1.165) is 12.4 Å². The Morgan fingerprint density at radius 1 is 1.21 bits per heavy atom. The molecule has 0 radical (unpaired) electrons. The van der Waals surface area contributed by atoms with E-state index in [9.17, 15) is 0 Å². The first-order chi connectivity index (χ1) is 6.86. The number of hydrogen-bond acceptors (Lipinski definition) is 2. The van der Waals surface area contributed by atoms with Gasteiger partial charge in [-0.15, -0.1) is 0 Å². The number of nitrogens with one attached hydrogen (secondary N) is 1. The van der Waals surface area contributed by atoms with Crippen molar-refractivity contribution in [3.8, 4) is 0 Å². The summed E-state index contributed by atoms with van der Waals surface area (Å²) < 4.78 is 1.94. The maximum Gasteiger partial charge on any atom is 0.134 e. The lowest BCUT2D eigenvalue weighted by Crippen LogP contribution is -2.08. The van der Waals surface area contributed by atoms with Crippen LogP contribution in [0.4, 0.5) is 5.82 Å². The van der Waals surface area contributed by atoms with Crippen molar-refractivity contribution in [1.29, 1.82) is 0 Å². The normalized spacial score (nSPS) is 10.1. The van der Waals surface area contributed by atoms with Crippen molar-refractivity contribution in [2.45, 2.75) is 6.54 Å². The zero-order chi connectivity index (χ0) is 9.80. The molecule has 2 rings (SSSR count). The van der Waals surface area contributed by atoms with Crippen molar-refractivity contribution in [3.63, 3.8) is 0 Å². The largest absolute Gasteiger partial charge is 0.289 e. The summed E-state index contributed by atoms with van der Waals surface area (Å²) in [6.07, 6.45) is 1.73. The minimum absolute atomic E-state index is 0.809. The molecule has 4 heteroatoms. The Labute approximate surface area is 91.1 Å². The van der Waals surface area contributed by atoms with Crippen LogP contribution < -0.4 is 3.93 Å². The molecule has 0 unspecified atom stereocenters. The molecule has 1 heterocycles.